The molecule has 0 unspecified atom stereocenters. The van der Waals surface area contributed by atoms with E-state index in [1.54, 1.807) is 0 Å². The third kappa shape index (κ3) is 3.73. The lowest BCUT2D eigenvalue weighted by atomic mass is 9.95. The van der Waals surface area contributed by atoms with Crippen molar-refractivity contribution in [3.8, 4) is 0 Å². The fourth-order valence-electron chi connectivity index (χ4n) is 3.56. The Labute approximate surface area is 161 Å². The summed E-state index contributed by atoms with van der Waals surface area (Å²) in [5, 5.41) is 12.1. The molecular formula is C17H21BrClN5O. The van der Waals surface area contributed by atoms with E-state index in [-0.39, 0.29) is 18.3 Å². The summed E-state index contributed by atoms with van der Waals surface area (Å²) < 4.78 is 3.19. The van der Waals surface area contributed by atoms with Crippen LogP contribution in [0.4, 0.5) is 0 Å². The molecular weight excluding hydrogens is 406 g/mol. The Balaban J connectivity index is 0.00000182. The smallest absolute Gasteiger partial charge is 0.253 e. The van der Waals surface area contributed by atoms with Crippen LogP contribution in [0.2, 0.25) is 0 Å². The van der Waals surface area contributed by atoms with Gasteiger partial charge in [-0.2, -0.15) is 0 Å². The highest BCUT2D eigenvalue weighted by Crippen LogP contribution is 2.28. The Morgan fingerprint density at radius 3 is 2.76 bits per heavy atom. The average Bonchev–Trinajstić information content (AvgIpc) is 3.05. The number of carbonyl (C=O) groups is 1. The number of hydrogen-bond acceptors (Lipinski definition) is 4. The van der Waals surface area contributed by atoms with Gasteiger partial charge in [0.2, 0.25) is 0 Å². The molecule has 1 amide bonds. The van der Waals surface area contributed by atoms with Crippen molar-refractivity contribution < 1.29 is 4.79 Å². The number of rotatable bonds is 2. The molecule has 0 spiro atoms. The predicted molar refractivity (Wildman–Crippen MR) is 101 cm³/mol. The molecule has 0 saturated carbocycles. The normalized spacial score (nSPS) is 17.7. The summed E-state index contributed by atoms with van der Waals surface area (Å²) in [6.45, 7) is 4.26. The molecule has 6 nitrogen and oxygen atoms in total. The van der Waals surface area contributed by atoms with E-state index in [2.05, 4.69) is 36.0 Å². The van der Waals surface area contributed by atoms with Crippen molar-refractivity contribution >= 4 is 34.2 Å². The van der Waals surface area contributed by atoms with Crippen molar-refractivity contribution in [2.24, 2.45) is 0 Å². The van der Waals surface area contributed by atoms with Crippen molar-refractivity contribution in [2.45, 2.75) is 31.8 Å². The second kappa shape index (κ2) is 7.85. The number of nitrogens with one attached hydrogen (secondary N) is 1. The van der Waals surface area contributed by atoms with E-state index in [1.165, 1.54) is 0 Å². The second-order valence-corrected chi connectivity index (χ2v) is 7.30. The van der Waals surface area contributed by atoms with Gasteiger partial charge in [-0.05, 0) is 31.0 Å². The second-order valence-electron chi connectivity index (χ2n) is 6.38. The number of piperidine rings is 1. The van der Waals surface area contributed by atoms with Gasteiger partial charge in [0.05, 0.1) is 6.54 Å². The summed E-state index contributed by atoms with van der Waals surface area (Å²) in [6.07, 6.45) is 1.90. The molecule has 2 aromatic rings. The molecule has 0 radical (unpaired) electrons. The van der Waals surface area contributed by atoms with Crippen LogP contribution in [0.3, 0.4) is 0 Å². The molecule has 8 heteroatoms. The van der Waals surface area contributed by atoms with E-state index >= 15 is 0 Å². The topological polar surface area (TPSA) is 63.1 Å². The van der Waals surface area contributed by atoms with Crippen LogP contribution in [-0.4, -0.2) is 45.2 Å². The van der Waals surface area contributed by atoms with Gasteiger partial charge in [-0.15, -0.1) is 22.6 Å². The van der Waals surface area contributed by atoms with Crippen LogP contribution in [0.5, 0.6) is 0 Å². The van der Waals surface area contributed by atoms with Crippen molar-refractivity contribution in [3.05, 3.63) is 46.0 Å². The molecule has 2 aliphatic heterocycles. The number of aromatic nitrogens is 3. The zero-order chi connectivity index (χ0) is 16.5. The standard InChI is InChI=1S/C17H20BrN5O.ClH/c18-14-3-1-2-13(10-14)17(24)22-7-4-12(5-8-22)16-21-20-15-11-19-6-9-23(15)16;/h1-3,10,12,19H,4-9,11H2;1H. The lowest BCUT2D eigenvalue weighted by molar-refractivity contribution is 0.0710. The molecule has 1 aromatic heterocycles. The Hall–Kier alpha value is -1.44. The maximum atomic E-state index is 12.6. The van der Waals surface area contributed by atoms with Crippen LogP contribution in [0.1, 0.15) is 40.8 Å². The van der Waals surface area contributed by atoms with Gasteiger partial charge < -0.3 is 14.8 Å². The van der Waals surface area contributed by atoms with E-state index in [0.29, 0.717) is 5.92 Å². The van der Waals surface area contributed by atoms with E-state index < -0.39 is 0 Å². The summed E-state index contributed by atoms with van der Waals surface area (Å²) in [4.78, 5) is 14.6. The first-order valence-corrected chi connectivity index (χ1v) is 9.19. The van der Waals surface area contributed by atoms with Gasteiger partial charge >= 0.3 is 0 Å². The molecule has 0 bridgehead atoms. The number of nitrogens with zero attached hydrogens (tertiary/aromatic N) is 4. The number of fused-ring (bicyclic) bond motifs is 1. The molecule has 4 rings (SSSR count). The minimum absolute atomic E-state index is 0. The zero-order valence-corrected chi connectivity index (χ0v) is 16.2. The minimum atomic E-state index is 0. The Bertz CT molecular complexity index is 757. The van der Waals surface area contributed by atoms with Gasteiger partial charge in [-0.25, -0.2) is 0 Å². The highest BCUT2D eigenvalue weighted by atomic mass is 79.9. The first-order valence-electron chi connectivity index (χ1n) is 8.40. The van der Waals surface area contributed by atoms with E-state index in [0.717, 1.165) is 67.3 Å². The van der Waals surface area contributed by atoms with Gasteiger partial charge in [0.15, 0.2) is 0 Å². The van der Waals surface area contributed by atoms with Crippen LogP contribution in [0.25, 0.3) is 0 Å². The zero-order valence-electron chi connectivity index (χ0n) is 13.8. The SMILES string of the molecule is Cl.O=C(c1cccc(Br)c1)N1CCC(c2nnc3n2CCNC3)CC1. The number of carbonyl (C=O) groups excluding carboxylic acids is 1. The van der Waals surface area contributed by atoms with Gasteiger partial charge in [-0.3, -0.25) is 4.79 Å². The lowest BCUT2D eigenvalue weighted by Crippen LogP contribution is -2.38. The quantitative estimate of drug-likeness (QED) is 0.802. The van der Waals surface area contributed by atoms with Crippen molar-refractivity contribution in [1.82, 2.24) is 25.0 Å². The average molecular weight is 427 g/mol. The predicted octanol–water partition coefficient (Wildman–Crippen LogP) is 2.59. The largest absolute Gasteiger partial charge is 0.339 e. The number of hydrogen-bond donors (Lipinski definition) is 1. The van der Waals surface area contributed by atoms with E-state index in [1.807, 2.05) is 29.2 Å². The summed E-state index contributed by atoms with van der Waals surface area (Å²) in [5.41, 5.74) is 0.744. The van der Waals surface area contributed by atoms with Crippen LogP contribution in [0.15, 0.2) is 28.7 Å². The first-order chi connectivity index (χ1) is 11.7. The first kappa shape index (κ1) is 18.4. The summed E-state index contributed by atoms with van der Waals surface area (Å²) in [6, 6.07) is 7.60. The van der Waals surface area contributed by atoms with Crippen molar-refractivity contribution in [2.75, 3.05) is 19.6 Å². The van der Waals surface area contributed by atoms with Gasteiger partial charge in [0.1, 0.15) is 11.6 Å². The van der Waals surface area contributed by atoms with Crippen molar-refractivity contribution in [3.63, 3.8) is 0 Å². The lowest BCUT2D eigenvalue weighted by Gasteiger charge is -2.32. The van der Waals surface area contributed by atoms with Crippen LogP contribution in [0, 0.1) is 0 Å². The van der Waals surface area contributed by atoms with Gasteiger partial charge in [0, 0.05) is 42.1 Å². The fraction of sp³-hybridized carbons (Fsp3) is 0.471. The molecule has 134 valence electrons. The number of halogens is 2. The molecule has 1 fully saturated rings. The summed E-state index contributed by atoms with van der Waals surface area (Å²) in [5.74, 6) is 2.64. The molecule has 2 aliphatic rings. The molecule has 0 aliphatic carbocycles. The van der Waals surface area contributed by atoms with E-state index in [4.69, 9.17) is 0 Å². The molecule has 25 heavy (non-hydrogen) atoms. The maximum Gasteiger partial charge on any atom is 0.253 e. The van der Waals surface area contributed by atoms with Crippen molar-refractivity contribution in [1.29, 1.82) is 0 Å². The molecule has 1 N–H and O–H groups in total. The minimum Gasteiger partial charge on any atom is -0.339 e. The number of amides is 1. The van der Waals surface area contributed by atoms with Gasteiger partial charge in [-0.1, -0.05) is 22.0 Å². The fourth-order valence-corrected chi connectivity index (χ4v) is 3.96. The van der Waals surface area contributed by atoms with Crippen LogP contribution in [-0.2, 0) is 13.1 Å². The molecule has 0 atom stereocenters. The third-order valence-corrected chi connectivity index (χ3v) is 5.36. The Kier molecular flexibility index (Phi) is 5.76. The monoisotopic (exact) mass is 425 g/mol. The Morgan fingerprint density at radius 2 is 2.00 bits per heavy atom. The highest BCUT2D eigenvalue weighted by Gasteiger charge is 2.29. The van der Waals surface area contributed by atoms with Crippen LogP contribution < -0.4 is 5.32 Å². The molecule has 3 heterocycles. The number of benzene rings is 1. The van der Waals surface area contributed by atoms with Crippen LogP contribution >= 0.6 is 28.3 Å². The third-order valence-electron chi connectivity index (χ3n) is 4.87. The summed E-state index contributed by atoms with van der Waals surface area (Å²) in [7, 11) is 0. The van der Waals surface area contributed by atoms with Gasteiger partial charge in [0.25, 0.3) is 5.91 Å². The molecule has 1 saturated heterocycles. The molecule has 1 aromatic carbocycles. The summed E-state index contributed by atoms with van der Waals surface area (Å²) >= 11 is 3.43. The van der Waals surface area contributed by atoms with E-state index in [9.17, 15) is 4.79 Å². The number of likely N-dealkylation sites (tertiary alicyclic amines) is 1. The highest BCUT2D eigenvalue weighted by molar-refractivity contribution is 9.10. The maximum absolute atomic E-state index is 12.6. The Morgan fingerprint density at radius 1 is 1.20 bits per heavy atom.